The van der Waals surface area contributed by atoms with Crippen LogP contribution >= 0.6 is 0 Å². The number of nitrogens with zero attached hydrogens (tertiary/aromatic N) is 3. The summed E-state index contributed by atoms with van der Waals surface area (Å²) in [6.45, 7) is 3.40. The van der Waals surface area contributed by atoms with Gasteiger partial charge in [-0.15, -0.1) is 0 Å². The van der Waals surface area contributed by atoms with Gasteiger partial charge >= 0.3 is 6.18 Å². The molecule has 0 atom stereocenters. The normalized spacial score (nSPS) is 20.1. The maximum absolute atomic E-state index is 14.3. The molecule has 3 aliphatic rings. The third kappa shape index (κ3) is 4.09. The van der Waals surface area contributed by atoms with Crippen molar-refractivity contribution >= 4 is 17.5 Å². The van der Waals surface area contributed by atoms with E-state index in [0.29, 0.717) is 31.8 Å². The number of alkyl halides is 3. The average Bonchev–Trinajstić information content (AvgIpc) is 3.16. The fraction of sp³-hybridized carbons (Fsp3) is 0.500. The molecule has 9 heteroatoms. The quantitative estimate of drug-likeness (QED) is 0.665. The fourth-order valence-corrected chi connectivity index (χ4v) is 4.72. The van der Waals surface area contributed by atoms with Crippen LogP contribution in [0.3, 0.4) is 0 Å². The summed E-state index contributed by atoms with van der Waals surface area (Å²) in [5.74, 6) is -1.70. The maximum Gasteiger partial charge on any atom is 0.416 e. The van der Waals surface area contributed by atoms with Gasteiger partial charge in [0.05, 0.1) is 12.1 Å². The zero-order valence-corrected chi connectivity index (χ0v) is 17.1. The Kier molecular flexibility index (Phi) is 5.61. The lowest BCUT2D eigenvalue weighted by Gasteiger charge is -2.34. The highest BCUT2D eigenvalue weighted by atomic mass is 19.4. The van der Waals surface area contributed by atoms with Crippen LogP contribution in [0.25, 0.3) is 0 Å². The van der Waals surface area contributed by atoms with Crippen LogP contribution in [-0.4, -0.2) is 60.0 Å². The minimum Gasteiger partial charge on any atom is -0.339 e. The number of hydrogen-bond donors (Lipinski definition) is 0. The second kappa shape index (κ2) is 8.09. The number of benzene rings is 1. The van der Waals surface area contributed by atoms with Crippen LogP contribution in [0, 0.1) is 5.82 Å². The van der Waals surface area contributed by atoms with E-state index in [1.54, 1.807) is 9.80 Å². The SMILES string of the molecule is CC(=O)N1CCC2=C(CN=C2C(=O)N2CCC(c3c(F)cccc3C(F)(F)F)CC2)C1. The van der Waals surface area contributed by atoms with E-state index in [9.17, 15) is 27.2 Å². The van der Waals surface area contributed by atoms with Crippen molar-refractivity contribution in [3.8, 4) is 0 Å². The van der Waals surface area contributed by atoms with Crippen LogP contribution in [0.5, 0.6) is 0 Å². The van der Waals surface area contributed by atoms with E-state index in [1.165, 1.54) is 6.92 Å². The molecule has 31 heavy (non-hydrogen) atoms. The molecule has 1 saturated heterocycles. The Morgan fingerprint density at radius 2 is 1.81 bits per heavy atom. The summed E-state index contributed by atoms with van der Waals surface area (Å²) in [5.41, 5.74) is 1.02. The van der Waals surface area contributed by atoms with Crippen molar-refractivity contribution in [1.82, 2.24) is 9.80 Å². The monoisotopic (exact) mass is 437 g/mol. The van der Waals surface area contributed by atoms with Crippen molar-refractivity contribution < 1.29 is 27.2 Å². The largest absolute Gasteiger partial charge is 0.416 e. The van der Waals surface area contributed by atoms with Crippen LogP contribution in [0.4, 0.5) is 17.6 Å². The van der Waals surface area contributed by atoms with Crippen LogP contribution < -0.4 is 0 Å². The molecule has 0 bridgehead atoms. The van der Waals surface area contributed by atoms with Gasteiger partial charge in [-0.1, -0.05) is 6.07 Å². The molecular weight excluding hydrogens is 414 g/mol. The standard InChI is InChI=1S/C22H23F4N3O2/c1-13(30)29-10-7-16-15(12-29)11-27-20(16)21(31)28-8-5-14(6-9-28)19-17(22(24,25)26)3-2-4-18(19)23/h2-4,14H,5-12H2,1H3. The van der Waals surface area contributed by atoms with Gasteiger partial charge in [0.1, 0.15) is 11.5 Å². The van der Waals surface area contributed by atoms with E-state index in [0.717, 1.165) is 29.3 Å². The topological polar surface area (TPSA) is 53.0 Å². The Balaban J connectivity index is 1.45. The first kappa shape index (κ1) is 21.5. The summed E-state index contributed by atoms with van der Waals surface area (Å²) in [6.07, 6.45) is -3.54. The van der Waals surface area contributed by atoms with Gasteiger partial charge in [0.15, 0.2) is 0 Å². The maximum atomic E-state index is 14.3. The number of likely N-dealkylation sites (tertiary alicyclic amines) is 1. The van der Waals surface area contributed by atoms with Gasteiger partial charge in [0, 0.05) is 38.7 Å². The molecule has 0 spiro atoms. The van der Waals surface area contributed by atoms with Gasteiger partial charge < -0.3 is 9.80 Å². The van der Waals surface area contributed by atoms with Gasteiger partial charge in [-0.05, 0) is 48.5 Å². The smallest absolute Gasteiger partial charge is 0.339 e. The number of carbonyl (C=O) groups is 2. The molecule has 0 aliphatic carbocycles. The van der Waals surface area contributed by atoms with E-state index in [4.69, 9.17) is 0 Å². The number of aliphatic imine (C=N–C) groups is 1. The summed E-state index contributed by atoms with van der Waals surface area (Å²) >= 11 is 0. The Morgan fingerprint density at radius 3 is 2.45 bits per heavy atom. The Bertz CT molecular complexity index is 975. The molecule has 3 aliphatic heterocycles. The Labute approximate surface area is 177 Å². The third-order valence-electron chi connectivity index (χ3n) is 6.35. The van der Waals surface area contributed by atoms with E-state index < -0.39 is 23.5 Å². The summed E-state index contributed by atoms with van der Waals surface area (Å²) in [4.78, 5) is 32.3. The first-order chi connectivity index (χ1) is 14.7. The lowest BCUT2D eigenvalue weighted by atomic mass is 9.85. The van der Waals surface area contributed by atoms with Gasteiger partial charge in [-0.25, -0.2) is 4.39 Å². The molecule has 1 fully saturated rings. The molecule has 5 nitrogen and oxygen atoms in total. The van der Waals surface area contributed by atoms with Gasteiger partial charge in [-0.3, -0.25) is 14.6 Å². The predicted molar refractivity (Wildman–Crippen MR) is 106 cm³/mol. The number of carbonyl (C=O) groups excluding carboxylic acids is 2. The lowest BCUT2D eigenvalue weighted by Crippen LogP contribution is -2.43. The van der Waals surface area contributed by atoms with Crippen molar-refractivity contribution in [2.45, 2.75) is 38.3 Å². The zero-order valence-electron chi connectivity index (χ0n) is 17.1. The van der Waals surface area contributed by atoms with Crippen LogP contribution in [0.1, 0.15) is 43.2 Å². The number of hydrogen-bond acceptors (Lipinski definition) is 3. The van der Waals surface area contributed by atoms with Crippen LogP contribution in [0.2, 0.25) is 0 Å². The number of rotatable bonds is 2. The van der Waals surface area contributed by atoms with E-state index in [-0.39, 0.29) is 43.3 Å². The van der Waals surface area contributed by atoms with Crippen LogP contribution in [-0.2, 0) is 15.8 Å². The van der Waals surface area contributed by atoms with E-state index >= 15 is 0 Å². The summed E-state index contributed by atoms with van der Waals surface area (Å²) in [7, 11) is 0. The highest BCUT2D eigenvalue weighted by Gasteiger charge is 2.39. The Morgan fingerprint density at radius 1 is 1.10 bits per heavy atom. The summed E-state index contributed by atoms with van der Waals surface area (Å²) < 4.78 is 54.4. The molecule has 166 valence electrons. The highest BCUT2D eigenvalue weighted by Crippen LogP contribution is 2.40. The molecule has 0 saturated carbocycles. The second-order valence-corrected chi connectivity index (χ2v) is 8.20. The minimum absolute atomic E-state index is 0.0141. The van der Waals surface area contributed by atoms with Crippen molar-refractivity contribution in [2.24, 2.45) is 4.99 Å². The minimum atomic E-state index is -4.62. The van der Waals surface area contributed by atoms with Gasteiger partial charge in [-0.2, -0.15) is 13.2 Å². The fourth-order valence-electron chi connectivity index (χ4n) is 4.72. The number of amides is 2. The molecule has 0 N–H and O–H groups in total. The first-order valence-electron chi connectivity index (χ1n) is 10.3. The number of halogens is 4. The molecule has 0 aromatic heterocycles. The van der Waals surface area contributed by atoms with E-state index in [2.05, 4.69) is 4.99 Å². The summed E-state index contributed by atoms with van der Waals surface area (Å²) in [6, 6.07) is 3.03. The highest BCUT2D eigenvalue weighted by molar-refractivity contribution is 6.46. The van der Waals surface area contributed by atoms with Crippen molar-refractivity contribution in [3.63, 3.8) is 0 Å². The molecular formula is C22H23F4N3O2. The average molecular weight is 437 g/mol. The molecule has 0 unspecified atom stereocenters. The van der Waals surface area contributed by atoms with E-state index in [1.807, 2.05) is 0 Å². The third-order valence-corrected chi connectivity index (χ3v) is 6.35. The molecule has 2 amide bonds. The van der Waals surface area contributed by atoms with Gasteiger partial charge in [0.2, 0.25) is 5.91 Å². The lowest BCUT2D eigenvalue weighted by molar-refractivity contribution is -0.139. The molecule has 0 radical (unpaired) electrons. The number of piperidine rings is 1. The Hall–Kier alpha value is -2.71. The first-order valence-corrected chi connectivity index (χ1v) is 10.3. The summed E-state index contributed by atoms with van der Waals surface area (Å²) in [5, 5.41) is 0. The van der Waals surface area contributed by atoms with Crippen molar-refractivity contribution in [2.75, 3.05) is 32.7 Å². The predicted octanol–water partition coefficient (Wildman–Crippen LogP) is 3.55. The molecule has 3 heterocycles. The van der Waals surface area contributed by atoms with Gasteiger partial charge in [0.25, 0.3) is 5.91 Å². The zero-order chi connectivity index (χ0) is 22.3. The molecule has 4 rings (SSSR count). The van der Waals surface area contributed by atoms with Crippen molar-refractivity contribution in [3.05, 3.63) is 46.3 Å². The van der Waals surface area contributed by atoms with Crippen molar-refractivity contribution in [1.29, 1.82) is 0 Å². The van der Waals surface area contributed by atoms with Crippen LogP contribution in [0.15, 0.2) is 34.3 Å². The molecule has 1 aromatic rings. The second-order valence-electron chi connectivity index (χ2n) is 8.20. The molecule has 1 aromatic carbocycles.